The second-order valence-corrected chi connectivity index (χ2v) is 8.80. The SMILES string of the molecule is CCOc1ccc([C@@H](O)CN2CCC3(CC2)C[C@H](O)c2cc(C)c(C)cc2O3)cc1. The van der Waals surface area contributed by atoms with Gasteiger partial charge in [-0.25, -0.2) is 0 Å². The number of ether oxygens (including phenoxy) is 2. The van der Waals surface area contributed by atoms with Crippen molar-refractivity contribution in [3.63, 3.8) is 0 Å². The lowest BCUT2D eigenvalue weighted by Crippen LogP contribution is -2.51. The number of piperidine rings is 1. The maximum atomic E-state index is 10.8. The maximum absolute atomic E-state index is 10.8. The molecule has 0 aliphatic carbocycles. The lowest BCUT2D eigenvalue weighted by Gasteiger charge is -2.46. The van der Waals surface area contributed by atoms with Crippen LogP contribution in [0.4, 0.5) is 0 Å². The first kappa shape index (κ1) is 21.2. The number of likely N-dealkylation sites (tertiary alicyclic amines) is 1. The second-order valence-electron chi connectivity index (χ2n) is 8.80. The standard InChI is InChI=1S/C25H33NO4/c1-4-29-20-7-5-19(6-8-20)23(28)16-26-11-9-25(10-12-26)15-22(27)21-13-17(2)18(3)14-24(21)30-25/h5-8,13-14,22-23,27-28H,4,9-12,15-16H2,1-3H3/t22-,23-/m0/s1. The molecule has 2 aromatic rings. The summed E-state index contributed by atoms with van der Waals surface area (Å²) in [6.45, 7) is 9.04. The Morgan fingerprint density at radius 1 is 1.13 bits per heavy atom. The van der Waals surface area contributed by atoms with E-state index in [4.69, 9.17) is 9.47 Å². The van der Waals surface area contributed by atoms with E-state index in [2.05, 4.69) is 30.9 Å². The van der Waals surface area contributed by atoms with Crippen LogP contribution >= 0.6 is 0 Å². The van der Waals surface area contributed by atoms with E-state index in [0.29, 0.717) is 19.6 Å². The highest BCUT2D eigenvalue weighted by Crippen LogP contribution is 2.45. The Morgan fingerprint density at radius 2 is 1.80 bits per heavy atom. The fourth-order valence-electron chi connectivity index (χ4n) is 4.65. The number of aliphatic hydroxyl groups is 2. The van der Waals surface area contributed by atoms with Gasteiger partial charge in [-0.1, -0.05) is 12.1 Å². The van der Waals surface area contributed by atoms with Gasteiger partial charge in [0.1, 0.15) is 17.1 Å². The Morgan fingerprint density at radius 3 is 2.47 bits per heavy atom. The summed E-state index contributed by atoms with van der Waals surface area (Å²) in [4.78, 5) is 2.29. The van der Waals surface area contributed by atoms with Crippen molar-refractivity contribution in [2.24, 2.45) is 0 Å². The quantitative estimate of drug-likeness (QED) is 0.776. The number of β-amino-alcohol motifs (C(OH)–C–C–N with tert-alkyl or cyclic N) is 1. The molecule has 0 aromatic heterocycles. The van der Waals surface area contributed by atoms with Crippen molar-refractivity contribution < 1.29 is 19.7 Å². The number of hydrogen-bond acceptors (Lipinski definition) is 5. The number of aryl methyl sites for hydroxylation is 2. The summed E-state index contributed by atoms with van der Waals surface area (Å²) < 4.78 is 12.0. The zero-order valence-corrected chi connectivity index (χ0v) is 18.2. The van der Waals surface area contributed by atoms with E-state index in [-0.39, 0.29) is 5.60 Å². The summed E-state index contributed by atoms with van der Waals surface area (Å²) in [5.41, 5.74) is 3.88. The number of fused-ring (bicyclic) bond motifs is 1. The molecule has 0 radical (unpaired) electrons. The highest BCUT2D eigenvalue weighted by atomic mass is 16.5. The highest BCUT2D eigenvalue weighted by Gasteiger charge is 2.43. The first-order valence-corrected chi connectivity index (χ1v) is 11.0. The molecule has 4 rings (SSSR count). The maximum Gasteiger partial charge on any atom is 0.126 e. The number of hydrogen-bond donors (Lipinski definition) is 2. The van der Waals surface area contributed by atoms with E-state index >= 15 is 0 Å². The molecule has 0 amide bonds. The van der Waals surface area contributed by atoms with Crippen molar-refractivity contribution in [3.8, 4) is 11.5 Å². The molecule has 30 heavy (non-hydrogen) atoms. The molecule has 5 nitrogen and oxygen atoms in total. The van der Waals surface area contributed by atoms with Crippen LogP contribution < -0.4 is 9.47 Å². The summed E-state index contributed by atoms with van der Waals surface area (Å²) in [6.07, 6.45) is 1.34. The van der Waals surface area contributed by atoms with E-state index in [0.717, 1.165) is 48.6 Å². The van der Waals surface area contributed by atoms with Crippen molar-refractivity contribution in [1.82, 2.24) is 4.90 Å². The molecule has 1 spiro atoms. The number of aliphatic hydroxyl groups excluding tert-OH is 2. The molecule has 162 valence electrons. The summed E-state index contributed by atoms with van der Waals surface area (Å²) in [7, 11) is 0. The van der Waals surface area contributed by atoms with Gasteiger partial charge in [0, 0.05) is 31.6 Å². The van der Waals surface area contributed by atoms with Gasteiger partial charge in [0.25, 0.3) is 0 Å². The monoisotopic (exact) mass is 411 g/mol. The lowest BCUT2D eigenvalue weighted by atomic mass is 9.81. The van der Waals surface area contributed by atoms with Gasteiger partial charge in [-0.05, 0) is 74.6 Å². The van der Waals surface area contributed by atoms with Crippen LogP contribution in [0.1, 0.15) is 60.6 Å². The average molecular weight is 412 g/mol. The van der Waals surface area contributed by atoms with Gasteiger partial charge in [-0.2, -0.15) is 0 Å². The minimum Gasteiger partial charge on any atom is -0.494 e. The topological polar surface area (TPSA) is 62.2 Å². The smallest absolute Gasteiger partial charge is 0.126 e. The van der Waals surface area contributed by atoms with E-state index in [1.54, 1.807) is 0 Å². The largest absolute Gasteiger partial charge is 0.494 e. The van der Waals surface area contributed by atoms with Crippen molar-refractivity contribution in [3.05, 3.63) is 58.7 Å². The normalized spacial score (nSPS) is 21.7. The molecule has 1 fully saturated rings. The summed E-state index contributed by atoms with van der Waals surface area (Å²) in [6, 6.07) is 11.8. The third-order valence-electron chi connectivity index (χ3n) is 6.65. The molecule has 0 saturated carbocycles. The van der Waals surface area contributed by atoms with E-state index in [1.165, 1.54) is 11.1 Å². The van der Waals surface area contributed by atoms with Crippen molar-refractivity contribution >= 4 is 0 Å². The zero-order valence-electron chi connectivity index (χ0n) is 18.2. The fourth-order valence-corrected chi connectivity index (χ4v) is 4.65. The molecule has 1 saturated heterocycles. The molecule has 5 heteroatoms. The molecule has 2 aliphatic rings. The van der Waals surface area contributed by atoms with Crippen LogP contribution in [0.3, 0.4) is 0 Å². The molecule has 2 N–H and O–H groups in total. The van der Waals surface area contributed by atoms with Crippen LogP contribution in [0, 0.1) is 13.8 Å². The van der Waals surface area contributed by atoms with E-state index in [9.17, 15) is 10.2 Å². The predicted octanol–water partition coefficient (Wildman–Crippen LogP) is 4.09. The van der Waals surface area contributed by atoms with Gasteiger partial charge in [0.05, 0.1) is 18.8 Å². The number of rotatable bonds is 5. The Hall–Kier alpha value is -2.08. The summed E-state index contributed by atoms with van der Waals surface area (Å²) in [5.74, 6) is 1.66. The molecule has 2 aromatic carbocycles. The summed E-state index contributed by atoms with van der Waals surface area (Å²) >= 11 is 0. The molecule has 0 bridgehead atoms. The highest BCUT2D eigenvalue weighted by molar-refractivity contribution is 5.45. The van der Waals surface area contributed by atoms with Crippen LogP contribution in [0.15, 0.2) is 36.4 Å². The lowest BCUT2D eigenvalue weighted by molar-refractivity contribution is -0.0588. The molecular formula is C25H33NO4. The molecule has 0 unspecified atom stereocenters. The van der Waals surface area contributed by atoms with E-state index < -0.39 is 12.2 Å². The fraction of sp³-hybridized carbons (Fsp3) is 0.520. The van der Waals surface area contributed by atoms with Crippen molar-refractivity contribution in [2.45, 2.75) is 57.8 Å². The van der Waals surface area contributed by atoms with Crippen LogP contribution in [0.25, 0.3) is 0 Å². The van der Waals surface area contributed by atoms with Gasteiger partial charge in [-0.15, -0.1) is 0 Å². The molecule has 2 atom stereocenters. The number of nitrogens with zero attached hydrogens (tertiary/aromatic N) is 1. The average Bonchev–Trinajstić information content (AvgIpc) is 2.72. The zero-order chi connectivity index (χ0) is 21.3. The van der Waals surface area contributed by atoms with Gasteiger partial charge in [0.15, 0.2) is 0 Å². The van der Waals surface area contributed by atoms with Crippen LogP contribution in [-0.2, 0) is 0 Å². The van der Waals surface area contributed by atoms with Crippen molar-refractivity contribution in [2.75, 3.05) is 26.2 Å². The van der Waals surface area contributed by atoms with Crippen LogP contribution in [0.2, 0.25) is 0 Å². The third-order valence-corrected chi connectivity index (χ3v) is 6.65. The Bertz CT molecular complexity index is 871. The molecule has 2 heterocycles. The first-order chi connectivity index (χ1) is 14.4. The van der Waals surface area contributed by atoms with Crippen LogP contribution in [0.5, 0.6) is 11.5 Å². The molecule has 2 aliphatic heterocycles. The Kier molecular flexibility index (Phi) is 6.05. The molecular weight excluding hydrogens is 378 g/mol. The van der Waals surface area contributed by atoms with Crippen molar-refractivity contribution in [1.29, 1.82) is 0 Å². The Labute approximate surface area is 179 Å². The van der Waals surface area contributed by atoms with Gasteiger partial charge in [0.2, 0.25) is 0 Å². The minimum absolute atomic E-state index is 0.311. The van der Waals surface area contributed by atoms with Gasteiger partial charge in [-0.3, -0.25) is 0 Å². The predicted molar refractivity (Wildman–Crippen MR) is 117 cm³/mol. The second kappa shape index (κ2) is 8.58. The van der Waals surface area contributed by atoms with Gasteiger partial charge < -0.3 is 24.6 Å². The summed E-state index contributed by atoms with van der Waals surface area (Å²) in [5, 5.41) is 21.4. The van der Waals surface area contributed by atoms with Gasteiger partial charge >= 0.3 is 0 Å². The third kappa shape index (κ3) is 4.34. The van der Waals surface area contributed by atoms with E-state index in [1.807, 2.05) is 31.2 Å². The Balaban J connectivity index is 1.37. The first-order valence-electron chi connectivity index (χ1n) is 11.0. The number of benzene rings is 2. The minimum atomic E-state index is -0.529. The van der Waals surface area contributed by atoms with Crippen LogP contribution in [-0.4, -0.2) is 47.0 Å².